The first-order valence-corrected chi connectivity index (χ1v) is 5.40. The molecule has 1 atom stereocenters. The molecule has 0 bridgehead atoms. The van der Waals surface area contributed by atoms with Gasteiger partial charge in [-0.05, 0) is 25.5 Å². The number of aromatic nitrogens is 2. The second kappa shape index (κ2) is 4.65. The van der Waals surface area contributed by atoms with E-state index in [1.807, 2.05) is 12.4 Å². The van der Waals surface area contributed by atoms with Crippen LogP contribution >= 0.6 is 0 Å². The van der Waals surface area contributed by atoms with Crippen LogP contribution in [-0.2, 0) is 11.3 Å². The molecule has 1 aromatic rings. The number of rotatable bonds is 5. The summed E-state index contributed by atoms with van der Waals surface area (Å²) in [5, 5.41) is 7.15. The minimum Gasteiger partial charge on any atom is -0.368 e. The van der Waals surface area contributed by atoms with E-state index in [9.17, 15) is 4.79 Å². The summed E-state index contributed by atoms with van der Waals surface area (Å²) >= 11 is 0. The second-order valence-electron chi connectivity index (χ2n) is 4.57. The molecule has 0 spiro atoms. The van der Waals surface area contributed by atoms with Crippen molar-refractivity contribution in [2.24, 2.45) is 5.73 Å². The van der Waals surface area contributed by atoms with Crippen LogP contribution in [0.25, 0.3) is 0 Å². The molecular formula is C11H20N4O. The molecule has 0 radical (unpaired) electrons. The molecule has 16 heavy (non-hydrogen) atoms. The Bertz CT molecular complexity index is 372. The number of hydrogen-bond acceptors (Lipinski definition) is 3. The average molecular weight is 224 g/mol. The highest BCUT2D eigenvalue weighted by molar-refractivity contribution is 5.84. The van der Waals surface area contributed by atoms with Crippen molar-refractivity contribution >= 4 is 5.91 Å². The standard InChI is InChI=1S/C11H20N4O/c1-8(2)9-5-14-15(6-9)7-11(3,13-4)10(12)16/h5-6,8,13H,7H2,1-4H3,(H2,12,16). The molecule has 5 nitrogen and oxygen atoms in total. The van der Waals surface area contributed by atoms with Crippen molar-refractivity contribution in [3.63, 3.8) is 0 Å². The lowest BCUT2D eigenvalue weighted by Crippen LogP contribution is -2.54. The van der Waals surface area contributed by atoms with Gasteiger partial charge in [0.2, 0.25) is 5.91 Å². The van der Waals surface area contributed by atoms with Crippen LogP contribution in [0.3, 0.4) is 0 Å². The molecule has 0 saturated carbocycles. The summed E-state index contributed by atoms with van der Waals surface area (Å²) in [7, 11) is 1.72. The number of carbonyl (C=O) groups excluding carboxylic acids is 1. The lowest BCUT2D eigenvalue weighted by Gasteiger charge is -2.25. The molecule has 3 N–H and O–H groups in total. The number of carbonyl (C=O) groups is 1. The first kappa shape index (κ1) is 12.7. The Morgan fingerprint density at radius 1 is 1.69 bits per heavy atom. The van der Waals surface area contributed by atoms with Crippen LogP contribution in [0.4, 0.5) is 0 Å². The van der Waals surface area contributed by atoms with Crippen LogP contribution in [0.1, 0.15) is 32.3 Å². The SMILES string of the molecule is CNC(C)(Cn1cc(C(C)C)cn1)C(N)=O. The maximum atomic E-state index is 11.3. The molecule has 0 aromatic carbocycles. The molecule has 1 unspecified atom stereocenters. The monoisotopic (exact) mass is 224 g/mol. The van der Waals surface area contributed by atoms with E-state index >= 15 is 0 Å². The van der Waals surface area contributed by atoms with Gasteiger partial charge in [0.1, 0.15) is 5.54 Å². The predicted octanol–water partition coefficient (Wildman–Crippen LogP) is 0.470. The van der Waals surface area contributed by atoms with E-state index in [1.165, 1.54) is 0 Å². The summed E-state index contributed by atoms with van der Waals surface area (Å²) in [4.78, 5) is 11.3. The zero-order valence-electron chi connectivity index (χ0n) is 10.3. The minimum absolute atomic E-state index is 0.378. The largest absolute Gasteiger partial charge is 0.368 e. The molecule has 0 aliphatic carbocycles. The fourth-order valence-corrected chi connectivity index (χ4v) is 1.37. The van der Waals surface area contributed by atoms with Crippen LogP contribution in [0.15, 0.2) is 12.4 Å². The van der Waals surface area contributed by atoms with Crippen molar-refractivity contribution in [1.29, 1.82) is 0 Å². The maximum absolute atomic E-state index is 11.3. The number of likely N-dealkylation sites (N-methyl/N-ethyl adjacent to an activating group) is 1. The molecule has 90 valence electrons. The summed E-state index contributed by atoms with van der Waals surface area (Å²) in [6.45, 7) is 6.41. The van der Waals surface area contributed by atoms with Crippen LogP contribution in [0.5, 0.6) is 0 Å². The quantitative estimate of drug-likeness (QED) is 0.763. The summed E-state index contributed by atoms with van der Waals surface area (Å²) in [5.74, 6) is 0.0553. The van der Waals surface area contributed by atoms with Crippen molar-refractivity contribution in [2.45, 2.75) is 38.8 Å². The molecule has 0 aliphatic heterocycles. The van der Waals surface area contributed by atoms with Crippen molar-refractivity contribution < 1.29 is 4.79 Å². The van der Waals surface area contributed by atoms with Gasteiger partial charge in [0.25, 0.3) is 0 Å². The lowest BCUT2D eigenvalue weighted by atomic mass is 10.0. The maximum Gasteiger partial charge on any atom is 0.239 e. The summed E-state index contributed by atoms with van der Waals surface area (Å²) in [6.07, 6.45) is 3.77. The number of hydrogen-bond donors (Lipinski definition) is 2. The molecule has 1 heterocycles. The zero-order chi connectivity index (χ0) is 12.3. The van der Waals surface area contributed by atoms with E-state index in [0.717, 1.165) is 5.56 Å². The molecule has 1 rings (SSSR count). The van der Waals surface area contributed by atoms with Crippen LogP contribution in [0.2, 0.25) is 0 Å². The van der Waals surface area contributed by atoms with E-state index in [4.69, 9.17) is 5.73 Å². The van der Waals surface area contributed by atoms with Gasteiger partial charge < -0.3 is 11.1 Å². The number of primary amides is 1. The number of nitrogens with two attached hydrogens (primary N) is 1. The van der Waals surface area contributed by atoms with Gasteiger partial charge in [-0.25, -0.2) is 0 Å². The third-order valence-corrected chi connectivity index (χ3v) is 2.89. The summed E-state index contributed by atoms with van der Waals surface area (Å²) in [6, 6.07) is 0. The third-order valence-electron chi connectivity index (χ3n) is 2.89. The van der Waals surface area contributed by atoms with Crippen molar-refractivity contribution in [3.8, 4) is 0 Å². The van der Waals surface area contributed by atoms with Gasteiger partial charge in [-0.15, -0.1) is 0 Å². The summed E-state index contributed by atoms with van der Waals surface area (Å²) in [5.41, 5.74) is 5.75. The fraction of sp³-hybridized carbons (Fsp3) is 0.636. The van der Waals surface area contributed by atoms with Crippen molar-refractivity contribution in [3.05, 3.63) is 18.0 Å². The Hall–Kier alpha value is -1.36. The van der Waals surface area contributed by atoms with Crippen LogP contribution < -0.4 is 11.1 Å². The topological polar surface area (TPSA) is 72.9 Å². The average Bonchev–Trinajstić information content (AvgIpc) is 2.65. The van der Waals surface area contributed by atoms with Gasteiger partial charge in [0.05, 0.1) is 12.7 Å². The normalized spacial score (nSPS) is 15.1. The van der Waals surface area contributed by atoms with E-state index in [1.54, 1.807) is 18.7 Å². The molecule has 5 heteroatoms. The zero-order valence-corrected chi connectivity index (χ0v) is 10.3. The highest BCUT2D eigenvalue weighted by Gasteiger charge is 2.29. The molecule has 0 aliphatic rings. The van der Waals surface area contributed by atoms with E-state index < -0.39 is 5.54 Å². The first-order chi connectivity index (χ1) is 7.39. The highest BCUT2D eigenvalue weighted by Crippen LogP contribution is 2.14. The molecular weight excluding hydrogens is 204 g/mol. The van der Waals surface area contributed by atoms with Gasteiger partial charge in [-0.2, -0.15) is 5.10 Å². The van der Waals surface area contributed by atoms with Crippen LogP contribution in [0, 0.1) is 0 Å². The van der Waals surface area contributed by atoms with Crippen LogP contribution in [-0.4, -0.2) is 28.3 Å². The summed E-state index contributed by atoms with van der Waals surface area (Å²) < 4.78 is 1.75. The van der Waals surface area contributed by atoms with E-state index in [-0.39, 0.29) is 5.91 Å². The van der Waals surface area contributed by atoms with Gasteiger partial charge in [0.15, 0.2) is 0 Å². The first-order valence-electron chi connectivity index (χ1n) is 5.40. The Labute approximate surface area is 96.0 Å². The Morgan fingerprint density at radius 2 is 2.31 bits per heavy atom. The Kier molecular flexibility index (Phi) is 3.70. The second-order valence-corrected chi connectivity index (χ2v) is 4.57. The van der Waals surface area contributed by atoms with Crippen molar-refractivity contribution in [2.75, 3.05) is 7.05 Å². The van der Waals surface area contributed by atoms with Gasteiger partial charge in [0, 0.05) is 6.20 Å². The number of nitrogens with zero attached hydrogens (tertiary/aromatic N) is 2. The minimum atomic E-state index is -0.764. The Morgan fingerprint density at radius 3 is 2.69 bits per heavy atom. The van der Waals surface area contributed by atoms with Gasteiger partial charge >= 0.3 is 0 Å². The highest BCUT2D eigenvalue weighted by atomic mass is 16.1. The molecule has 0 fully saturated rings. The fourth-order valence-electron chi connectivity index (χ4n) is 1.37. The third kappa shape index (κ3) is 2.61. The van der Waals surface area contributed by atoms with Gasteiger partial charge in [-0.3, -0.25) is 9.48 Å². The lowest BCUT2D eigenvalue weighted by molar-refractivity contribution is -0.124. The number of nitrogens with one attached hydrogen (secondary N) is 1. The molecule has 1 amide bonds. The number of amides is 1. The predicted molar refractivity (Wildman–Crippen MR) is 63.0 cm³/mol. The van der Waals surface area contributed by atoms with E-state index in [0.29, 0.717) is 12.5 Å². The van der Waals surface area contributed by atoms with Gasteiger partial charge in [-0.1, -0.05) is 13.8 Å². The smallest absolute Gasteiger partial charge is 0.239 e. The molecule has 1 aromatic heterocycles. The Balaban J connectivity index is 2.82. The molecule has 0 saturated heterocycles. The van der Waals surface area contributed by atoms with Crippen molar-refractivity contribution in [1.82, 2.24) is 15.1 Å². The van der Waals surface area contributed by atoms with E-state index in [2.05, 4.69) is 24.3 Å².